The van der Waals surface area contributed by atoms with E-state index in [1.807, 2.05) is 6.07 Å². The van der Waals surface area contributed by atoms with E-state index in [0.717, 1.165) is 0 Å². The Bertz CT molecular complexity index is 489. The molecule has 1 aliphatic rings. The summed E-state index contributed by atoms with van der Waals surface area (Å²) in [5.41, 5.74) is 0.631. The van der Waals surface area contributed by atoms with Gasteiger partial charge in [0.1, 0.15) is 0 Å². The van der Waals surface area contributed by atoms with Crippen molar-refractivity contribution >= 4 is 34.9 Å². The number of amides is 1. The second kappa shape index (κ2) is 5.14. The molecule has 1 fully saturated rings. The van der Waals surface area contributed by atoms with E-state index in [1.165, 1.54) is 4.90 Å². The molecule has 94 valence electrons. The van der Waals surface area contributed by atoms with Gasteiger partial charge in [-0.15, -0.1) is 0 Å². The normalized spacial score (nSPS) is 18.7. The standard InChI is InChI=1S/C12H12N2O3S/c1-2-17-11(16)9-10(15)14(12(18)13-9)8-6-4-3-5-7-8/h3-7,9H,2H2,1H3,(H,13,18). The van der Waals surface area contributed by atoms with Gasteiger partial charge in [0.2, 0.25) is 6.04 Å². The lowest BCUT2D eigenvalue weighted by Gasteiger charge is -2.14. The Hall–Kier alpha value is -1.95. The number of rotatable bonds is 3. The second-order valence-corrected chi connectivity index (χ2v) is 4.03. The van der Waals surface area contributed by atoms with Crippen LogP contribution in [0.5, 0.6) is 0 Å². The second-order valence-electron chi connectivity index (χ2n) is 3.64. The average molecular weight is 264 g/mol. The van der Waals surface area contributed by atoms with Gasteiger partial charge < -0.3 is 10.1 Å². The number of hydrogen-bond acceptors (Lipinski definition) is 4. The Morgan fingerprint density at radius 3 is 2.72 bits per heavy atom. The number of ether oxygens (including phenoxy) is 1. The minimum Gasteiger partial charge on any atom is -0.464 e. The van der Waals surface area contributed by atoms with E-state index < -0.39 is 17.9 Å². The van der Waals surface area contributed by atoms with Gasteiger partial charge in [-0.1, -0.05) is 18.2 Å². The third-order valence-corrected chi connectivity index (χ3v) is 2.78. The Kier molecular flexibility index (Phi) is 3.57. The molecule has 0 radical (unpaired) electrons. The van der Waals surface area contributed by atoms with Crippen molar-refractivity contribution in [2.75, 3.05) is 11.5 Å². The van der Waals surface area contributed by atoms with Gasteiger partial charge >= 0.3 is 5.97 Å². The molecule has 1 unspecified atom stereocenters. The molecule has 5 nitrogen and oxygen atoms in total. The molecule has 1 amide bonds. The van der Waals surface area contributed by atoms with Crippen LogP contribution in [0.15, 0.2) is 30.3 Å². The smallest absolute Gasteiger partial charge is 0.338 e. The summed E-state index contributed by atoms with van der Waals surface area (Å²) in [6, 6.07) is 7.88. The molecule has 0 aliphatic carbocycles. The van der Waals surface area contributed by atoms with Gasteiger partial charge in [-0.05, 0) is 31.3 Å². The number of hydrogen-bond donors (Lipinski definition) is 1. The van der Waals surface area contributed by atoms with Gasteiger partial charge in [-0.25, -0.2) is 4.79 Å². The highest BCUT2D eigenvalue weighted by Crippen LogP contribution is 2.19. The molecule has 1 heterocycles. The van der Waals surface area contributed by atoms with Gasteiger partial charge in [-0.3, -0.25) is 9.69 Å². The molecular formula is C12H12N2O3S. The zero-order chi connectivity index (χ0) is 13.1. The number of thiocarbonyl (C=S) groups is 1. The van der Waals surface area contributed by atoms with Crippen molar-refractivity contribution in [3.05, 3.63) is 30.3 Å². The molecule has 1 aromatic rings. The molecule has 0 aromatic heterocycles. The number of carbonyl (C=O) groups is 2. The van der Waals surface area contributed by atoms with Crippen LogP contribution in [0.2, 0.25) is 0 Å². The van der Waals surface area contributed by atoms with Crippen molar-refractivity contribution in [2.45, 2.75) is 13.0 Å². The molecule has 18 heavy (non-hydrogen) atoms. The predicted octanol–water partition coefficient (Wildman–Crippen LogP) is 0.839. The summed E-state index contributed by atoms with van der Waals surface area (Å²) in [4.78, 5) is 25.0. The van der Waals surface area contributed by atoms with Crippen LogP contribution in [-0.4, -0.2) is 29.6 Å². The van der Waals surface area contributed by atoms with Crippen molar-refractivity contribution in [3.8, 4) is 0 Å². The zero-order valence-corrected chi connectivity index (χ0v) is 10.6. The maximum absolute atomic E-state index is 12.1. The summed E-state index contributed by atoms with van der Waals surface area (Å²) in [5.74, 6) is -1.02. The molecule has 1 aliphatic heterocycles. The summed E-state index contributed by atoms with van der Waals surface area (Å²) >= 11 is 5.07. The van der Waals surface area contributed by atoms with E-state index in [4.69, 9.17) is 17.0 Å². The van der Waals surface area contributed by atoms with Gasteiger partial charge in [0.05, 0.1) is 12.3 Å². The summed E-state index contributed by atoms with van der Waals surface area (Å²) in [6.45, 7) is 1.91. The van der Waals surface area contributed by atoms with Crippen LogP contribution in [-0.2, 0) is 14.3 Å². The molecule has 0 spiro atoms. The summed E-state index contributed by atoms with van der Waals surface area (Å²) < 4.78 is 4.82. The fraction of sp³-hybridized carbons (Fsp3) is 0.250. The van der Waals surface area contributed by atoms with Crippen molar-refractivity contribution in [2.24, 2.45) is 0 Å². The third kappa shape index (κ3) is 2.19. The minimum absolute atomic E-state index is 0.212. The molecule has 1 saturated heterocycles. The quantitative estimate of drug-likeness (QED) is 0.498. The van der Waals surface area contributed by atoms with Crippen LogP contribution in [0.25, 0.3) is 0 Å². The molecule has 1 N–H and O–H groups in total. The SMILES string of the molecule is CCOC(=O)C1NC(=S)N(c2ccccc2)C1=O. The number of carbonyl (C=O) groups excluding carboxylic acids is 2. The summed E-state index contributed by atoms with van der Waals surface area (Å²) in [6.07, 6.45) is 0. The number of nitrogens with zero attached hydrogens (tertiary/aromatic N) is 1. The van der Waals surface area contributed by atoms with Gasteiger partial charge in [0.25, 0.3) is 5.91 Å². The van der Waals surface area contributed by atoms with Crippen LogP contribution in [0.1, 0.15) is 6.92 Å². The van der Waals surface area contributed by atoms with Gasteiger partial charge in [0.15, 0.2) is 5.11 Å². The van der Waals surface area contributed by atoms with Gasteiger partial charge in [-0.2, -0.15) is 0 Å². The number of nitrogens with one attached hydrogen (secondary N) is 1. The van der Waals surface area contributed by atoms with E-state index in [1.54, 1.807) is 31.2 Å². The molecule has 6 heteroatoms. The van der Waals surface area contributed by atoms with E-state index in [-0.39, 0.29) is 11.7 Å². The molecule has 0 saturated carbocycles. The summed E-state index contributed by atoms with van der Waals surface area (Å²) in [7, 11) is 0. The Morgan fingerprint density at radius 2 is 2.11 bits per heavy atom. The minimum atomic E-state index is -1.04. The average Bonchev–Trinajstić information content (AvgIpc) is 2.66. The lowest BCUT2D eigenvalue weighted by atomic mass is 10.2. The van der Waals surface area contributed by atoms with Crippen molar-refractivity contribution in [1.29, 1.82) is 0 Å². The molecule has 0 bridgehead atoms. The number of esters is 1. The monoisotopic (exact) mass is 264 g/mol. The van der Waals surface area contributed by atoms with Crippen LogP contribution < -0.4 is 10.2 Å². The van der Waals surface area contributed by atoms with Crippen LogP contribution in [0, 0.1) is 0 Å². The van der Waals surface area contributed by atoms with Crippen LogP contribution in [0.3, 0.4) is 0 Å². The van der Waals surface area contributed by atoms with Crippen molar-refractivity contribution < 1.29 is 14.3 Å². The number of para-hydroxylation sites is 1. The van der Waals surface area contributed by atoms with E-state index in [2.05, 4.69) is 5.32 Å². The van der Waals surface area contributed by atoms with Gasteiger partial charge in [0, 0.05) is 0 Å². The van der Waals surface area contributed by atoms with E-state index in [9.17, 15) is 9.59 Å². The third-order valence-electron chi connectivity index (χ3n) is 2.47. The first kappa shape index (κ1) is 12.5. The zero-order valence-electron chi connectivity index (χ0n) is 9.75. The fourth-order valence-corrected chi connectivity index (χ4v) is 2.00. The molecule has 1 atom stereocenters. The lowest BCUT2D eigenvalue weighted by molar-refractivity contribution is -0.147. The Balaban J connectivity index is 2.23. The molecular weight excluding hydrogens is 252 g/mol. The maximum Gasteiger partial charge on any atom is 0.338 e. The predicted molar refractivity (Wildman–Crippen MR) is 70.1 cm³/mol. The van der Waals surface area contributed by atoms with Crippen molar-refractivity contribution in [3.63, 3.8) is 0 Å². The number of anilines is 1. The first-order valence-corrected chi connectivity index (χ1v) is 5.92. The van der Waals surface area contributed by atoms with Crippen molar-refractivity contribution in [1.82, 2.24) is 5.32 Å². The van der Waals surface area contributed by atoms with E-state index in [0.29, 0.717) is 5.69 Å². The first-order chi connectivity index (χ1) is 8.65. The Morgan fingerprint density at radius 1 is 1.44 bits per heavy atom. The highest BCUT2D eigenvalue weighted by atomic mass is 32.1. The fourth-order valence-electron chi connectivity index (χ4n) is 1.69. The number of benzene rings is 1. The maximum atomic E-state index is 12.1. The lowest BCUT2D eigenvalue weighted by Crippen LogP contribution is -2.39. The molecule has 2 rings (SSSR count). The summed E-state index contributed by atoms with van der Waals surface area (Å²) in [5, 5.41) is 2.88. The van der Waals surface area contributed by atoms with Crippen LogP contribution >= 0.6 is 12.2 Å². The first-order valence-electron chi connectivity index (χ1n) is 5.51. The highest BCUT2D eigenvalue weighted by Gasteiger charge is 2.41. The Labute approximate surface area is 110 Å². The largest absolute Gasteiger partial charge is 0.464 e. The molecule has 1 aromatic carbocycles. The van der Waals surface area contributed by atoms with E-state index >= 15 is 0 Å². The van der Waals surface area contributed by atoms with Crippen LogP contribution in [0.4, 0.5) is 5.69 Å². The highest BCUT2D eigenvalue weighted by molar-refractivity contribution is 7.80. The topological polar surface area (TPSA) is 58.6 Å².